The van der Waals surface area contributed by atoms with E-state index in [2.05, 4.69) is 34.6 Å². The minimum absolute atomic E-state index is 0.192. The first kappa shape index (κ1) is 30.8. The Morgan fingerprint density at radius 1 is 1.14 bits per heavy atom. The number of amides is 1. The van der Waals surface area contributed by atoms with Crippen LogP contribution in [0.2, 0.25) is 0 Å². The van der Waals surface area contributed by atoms with Crippen LogP contribution in [0.5, 0.6) is 0 Å². The third-order valence-electron chi connectivity index (χ3n) is 7.48. The van der Waals surface area contributed by atoms with Crippen molar-refractivity contribution in [1.82, 2.24) is 9.55 Å². The molecule has 0 spiro atoms. The van der Waals surface area contributed by atoms with Crippen molar-refractivity contribution in [2.75, 3.05) is 31.0 Å². The molecule has 1 atom stereocenters. The molecule has 0 saturated carbocycles. The molecule has 1 amide bonds. The Balaban J connectivity index is 1.43. The molecule has 9 heteroatoms. The lowest BCUT2D eigenvalue weighted by atomic mass is 10.1. The molecule has 1 aliphatic rings. The van der Waals surface area contributed by atoms with Crippen molar-refractivity contribution < 1.29 is 24.2 Å². The molecule has 9 nitrogen and oxygen atoms in total. The summed E-state index contributed by atoms with van der Waals surface area (Å²) < 4.78 is 12.5. The lowest BCUT2D eigenvalue weighted by Gasteiger charge is -2.12. The summed E-state index contributed by atoms with van der Waals surface area (Å²) in [6.45, 7) is 5.22. The zero-order valence-corrected chi connectivity index (χ0v) is 25.4. The largest absolute Gasteiger partial charge is 0.464 e. The third kappa shape index (κ3) is 7.64. The Morgan fingerprint density at radius 2 is 1.91 bits per heavy atom. The van der Waals surface area contributed by atoms with E-state index in [9.17, 15) is 14.7 Å². The third-order valence-corrected chi connectivity index (χ3v) is 7.48. The number of nitrogens with zero attached hydrogens (tertiary/aromatic N) is 2. The smallest absolute Gasteiger partial charge is 0.356 e. The lowest BCUT2D eigenvalue weighted by molar-refractivity contribution is -0.119. The molecule has 44 heavy (non-hydrogen) atoms. The Hall–Kier alpha value is -4.65. The van der Waals surface area contributed by atoms with Crippen molar-refractivity contribution in [2.24, 2.45) is 5.92 Å². The second kappa shape index (κ2) is 13.8. The van der Waals surface area contributed by atoms with E-state index in [-0.39, 0.29) is 17.5 Å². The van der Waals surface area contributed by atoms with Gasteiger partial charge in [-0.3, -0.25) is 4.79 Å². The fourth-order valence-corrected chi connectivity index (χ4v) is 5.16. The number of carbonyl (C=O) groups is 2. The van der Waals surface area contributed by atoms with E-state index in [1.807, 2.05) is 53.1 Å². The molecule has 228 valence electrons. The van der Waals surface area contributed by atoms with Gasteiger partial charge in [-0.2, -0.15) is 0 Å². The van der Waals surface area contributed by atoms with Gasteiger partial charge in [-0.15, -0.1) is 0 Å². The summed E-state index contributed by atoms with van der Waals surface area (Å²) >= 11 is 0. The van der Waals surface area contributed by atoms with Gasteiger partial charge in [0, 0.05) is 30.6 Å². The van der Waals surface area contributed by atoms with Gasteiger partial charge in [0.1, 0.15) is 11.2 Å². The van der Waals surface area contributed by atoms with Crippen LogP contribution in [0, 0.1) is 17.8 Å². The van der Waals surface area contributed by atoms with E-state index >= 15 is 0 Å². The fourth-order valence-electron chi connectivity index (χ4n) is 5.16. The van der Waals surface area contributed by atoms with E-state index in [1.165, 1.54) is 12.7 Å². The maximum Gasteiger partial charge on any atom is 0.356 e. The number of rotatable bonds is 10. The summed E-state index contributed by atoms with van der Waals surface area (Å²) in [5.41, 5.74) is 4.00. The molecule has 5 rings (SSSR count). The normalized spacial score (nSPS) is 14.6. The second-order valence-electron chi connectivity index (χ2n) is 11.5. The summed E-state index contributed by atoms with van der Waals surface area (Å²) in [5, 5.41) is 16.9. The number of esters is 1. The highest BCUT2D eigenvalue weighted by atomic mass is 16.5. The summed E-state index contributed by atoms with van der Waals surface area (Å²) in [5.74, 6) is 4.78. The van der Waals surface area contributed by atoms with Crippen LogP contribution in [-0.4, -0.2) is 52.5 Å². The van der Waals surface area contributed by atoms with Gasteiger partial charge in [0.25, 0.3) is 0 Å². The van der Waals surface area contributed by atoms with Gasteiger partial charge in [-0.25, -0.2) is 9.78 Å². The highest BCUT2D eigenvalue weighted by Gasteiger charge is 2.29. The molecule has 2 aromatic heterocycles. The van der Waals surface area contributed by atoms with Crippen LogP contribution in [0.3, 0.4) is 0 Å². The van der Waals surface area contributed by atoms with Gasteiger partial charge >= 0.3 is 5.97 Å². The molecule has 0 aliphatic carbocycles. The summed E-state index contributed by atoms with van der Waals surface area (Å²) in [6.07, 6.45) is 3.95. The Kier molecular flexibility index (Phi) is 9.63. The van der Waals surface area contributed by atoms with Crippen LogP contribution in [0.4, 0.5) is 11.4 Å². The first-order valence-electron chi connectivity index (χ1n) is 14.8. The Morgan fingerprint density at radius 3 is 2.59 bits per heavy atom. The van der Waals surface area contributed by atoms with E-state index in [4.69, 9.17) is 14.5 Å². The lowest BCUT2D eigenvalue weighted by Crippen LogP contribution is -2.24. The number of hydrogen-bond acceptors (Lipinski definition) is 7. The highest BCUT2D eigenvalue weighted by Crippen LogP contribution is 2.34. The predicted molar refractivity (Wildman–Crippen MR) is 170 cm³/mol. The zero-order valence-electron chi connectivity index (χ0n) is 25.4. The molecule has 0 radical (unpaired) electrons. The van der Waals surface area contributed by atoms with E-state index in [1.54, 1.807) is 20.0 Å². The molecular weight excluding hydrogens is 556 g/mol. The van der Waals surface area contributed by atoms with Crippen molar-refractivity contribution >= 4 is 34.3 Å². The zero-order chi connectivity index (χ0) is 31.1. The van der Waals surface area contributed by atoms with Gasteiger partial charge in [0.2, 0.25) is 5.91 Å². The number of anilines is 2. The average molecular weight is 595 g/mol. The van der Waals surface area contributed by atoms with Crippen LogP contribution in [0.15, 0.2) is 66.9 Å². The molecule has 0 bridgehead atoms. The SMILES string of the molecule is COC(=O)c1c(NC(=O)[C@H]2CCOC2)c2cc(NCc3ccc(C#CC(C)(C)O)cc3)cnc2n1CCCc1ccccc1. The van der Waals surface area contributed by atoms with E-state index in [0.29, 0.717) is 49.4 Å². The summed E-state index contributed by atoms with van der Waals surface area (Å²) in [6, 6.07) is 19.9. The number of aliphatic hydroxyl groups is 1. The molecule has 2 aromatic carbocycles. The van der Waals surface area contributed by atoms with Gasteiger partial charge in [-0.05, 0) is 62.4 Å². The summed E-state index contributed by atoms with van der Waals surface area (Å²) in [4.78, 5) is 31.2. The van der Waals surface area contributed by atoms with Crippen molar-refractivity contribution in [2.45, 2.75) is 51.8 Å². The van der Waals surface area contributed by atoms with E-state index < -0.39 is 11.6 Å². The van der Waals surface area contributed by atoms with Crippen LogP contribution in [0.25, 0.3) is 11.0 Å². The van der Waals surface area contributed by atoms with Gasteiger partial charge in [0.05, 0.1) is 37.2 Å². The van der Waals surface area contributed by atoms with Crippen molar-refractivity contribution in [1.29, 1.82) is 0 Å². The highest BCUT2D eigenvalue weighted by molar-refractivity contribution is 6.11. The molecule has 4 aromatic rings. The van der Waals surface area contributed by atoms with Gasteiger partial charge in [0.15, 0.2) is 5.69 Å². The predicted octanol–water partition coefficient (Wildman–Crippen LogP) is 5.17. The number of aromatic nitrogens is 2. The van der Waals surface area contributed by atoms with Crippen molar-refractivity contribution in [3.63, 3.8) is 0 Å². The molecule has 0 unspecified atom stereocenters. The number of aryl methyl sites for hydroxylation is 2. The quantitative estimate of drug-likeness (QED) is 0.172. The Labute approximate surface area is 257 Å². The molecule has 3 heterocycles. The van der Waals surface area contributed by atoms with Crippen LogP contribution in [-0.2, 0) is 33.8 Å². The number of methoxy groups -OCH3 is 1. The maximum atomic E-state index is 13.2. The molecule has 1 aliphatic heterocycles. The molecule has 3 N–H and O–H groups in total. The number of benzene rings is 2. The molecule has 1 fully saturated rings. The number of pyridine rings is 1. The fraction of sp³-hybridized carbons (Fsp3) is 0.343. The number of fused-ring (bicyclic) bond motifs is 1. The number of hydrogen-bond donors (Lipinski definition) is 3. The topological polar surface area (TPSA) is 115 Å². The van der Waals surface area contributed by atoms with E-state index in [0.717, 1.165) is 29.7 Å². The second-order valence-corrected chi connectivity index (χ2v) is 11.5. The first-order chi connectivity index (χ1) is 21.2. The minimum Gasteiger partial charge on any atom is -0.464 e. The average Bonchev–Trinajstić information content (AvgIpc) is 3.67. The van der Waals surface area contributed by atoms with Crippen molar-refractivity contribution in [3.05, 3.63) is 89.2 Å². The number of nitrogens with one attached hydrogen (secondary N) is 2. The van der Waals surface area contributed by atoms with Crippen LogP contribution >= 0.6 is 0 Å². The van der Waals surface area contributed by atoms with Crippen LogP contribution in [0.1, 0.15) is 53.9 Å². The number of carbonyl (C=O) groups excluding carboxylic acids is 2. The monoisotopic (exact) mass is 594 g/mol. The van der Waals surface area contributed by atoms with Gasteiger partial charge in [-0.1, -0.05) is 54.3 Å². The van der Waals surface area contributed by atoms with Gasteiger partial charge < -0.3 is 29.8 Å². The molecule has 1 saturated heterocycles. The first-order valence-corrected chi connectivity index (χ1v) is 14.8. The van der Waals surface area contributed by atoms with Crippen molar-refractivity contribution in [3.8, 4) is 11.8 Å². The standard InChI is InChI=1S/C35H38N4O5/c1-35(2,42)17-15-25-11-13-26(14-12-25)21-36-28-20-29-30(38-33(40)27-16-19-44-23-27)31(34(41)43-3)39(32(29)37-22-28)18-7-10-24-8-5-4-6-9-24/h4-6,8-9,11-14,20,22,27,36,42H,7,10,16,18-19,21,23H2,1-3H3,(H,38,40)/t27-/m0/s1. The molecular formula is C35H38N4O5. The van der Waals surface area contributed by atoms with Crippen LogP contribution < -0.4 is 10.6 Å². The number of ether oxygens (including phenoxy) is 2. The maximum absolute atomic E-state index is 13.2. The minimum atomic E-state index is -1.05. The Bertz CT molecular complexity index is 1670. The summed E-state index contributed by atoms with van der Waals surface area (Å²) in [7, 11) is 1.34.